The van der Waals surface area contributed by atoms with Crippen LogP contribution in [0.25, 0.3) is 11.0 Å². The van der Waals surface area contributed by atoms with Crippen LogP contribution in [0, 0.1) is 16.2 Å². The number of halogens is 1. The number of H-pyrrole nitrogens is 1. The van der Waals surface area contributed by atoms with Crippen molar-refractivity contribution in [2.45, 2.75) is 65.7 Å². The van der Waals surface area contributed by atoms with E-state index in [4.69, 9.17) is 22.1 Å². The SMILES string of the molecule is CC(C)(C)CC(=O)Cl.COC(=O)C12CCC(CNC(=O)c3ncnc4c(N)c[nH]c34)(CC1)CC2. The van der Waals surface area contributed by atoms with E-state index in [1.54, 1.807) is 6.20 Å². The Hall–Kier alpha value is -2.68. The van der Waals surface area contributed by atoms with Gasteiger partial charge in [0.1, 0.15) is 11.8 Å². The molecule has 4 N–H and O–H groups in total. The minimum absolute atomic E-state index is 0.0405. The fourth-order valence-corrected chi connectivity index (χ4v) is 5.35. The van der Waals surface area contributed by atoms with Gasteiger partial charge in [-0.05, 0) is 61.0 Å². The molecular weight excluding hydrogens is 458 g/mol. The minimum Gasteiger partial charge on any atom is -0.469 e. The van der Waals surface area contributed by atoms with Crippen molar-refractivity contribution in [2.75, 3.05) is 19.4 Å². The molecule has 2 bridgehead atoms. The zero-order valence-corrected chi connectivity index (χ0v) is 21.1. The Morgan fingerprint density at radius 2 is 1.76 bits per heavy atom. The zero-order chi connectivity index (χ0) is 25.1. The van der Waals surface area contributed by atoms with E-state index in [9.17, 15) is 14.4 Å². The van der Waals surface area contributed by atoms with Gasteiger partial charge in [0, 0.05) is 19.2 Å². The minimum atomic E-state index is -0.304. The van der Waals surface area contributed by atoms with E-state index < -0.39 is 0 Å². The highest BCUT2D eigenvalue weighted by Crippen LogP contribution is 2.57. The summed E-state index contributed by atoms with van der Waals surface area (Å²) in [4.78, 5) is 46.2. The fourth-order valence-electron chi connectivity index (χ4n) is 4.95. The summed E-state index contributed by atoms with van der Waals surface area (Å²) in [5.74, 6) is -0.313. The predicted octanol–water partition coefficient (Wildman–Crippen LogP) is 3.97. The van der Waals surface area contributed by atoms with Gasteiger partial charge in [-0.25, -0.2) is 9.97 Å². The number of hydrogen-bond donors (Lipinski definition) is 3. The van der Waals surface area contributed by atoms with Gasteiger partial charge in [-0.1, -0.05) is 20.8 Å². The Morgan fingerprint density at radius 1 is 1.15 bits per heavy atom. The highest BCUT2D eigenvalue weighted by atomic mass is 35.5. The fraction of sp³-hybridized carbons (Fsp3) is 0.625. The van der Waals surface area contributed by atoms with Gasteiger partial charge >= 0.3 is 5.97 Å². The van der Waals surface area contributed by atoms with Crippen molar-refractivity contribution in [3.63, 3.8) is 0 Å². The van der Waals surface area contributed by atoms with Crippen LogP contribution in [-0.2, 0) is 14.3 Å². The molecule has 0 aliphatic heterocycles. The molecule has 0 atom stereocenters. The van der Waals surface area contributed by atoms with Crippen LogP contribution in [0.1, 0.15) is 76.2 Å². The lowest BCUT2D eigenvalue weighted by molar-refractivity contribution is -0.162. The lowest BCUT2D eigenvalue weighted by atomic mass is 9.53. The number of nitrogens with two attached hydrogens (primary N) is 1. The number of amides is 1. The first-order chi connectivity index (χ1) is 15.9. The number of aromatic amines is 1. The summed E-state index contributed by atoms with van der Waals surface area (Å²) in [6.07, 6.45) is 8.70. The molecule has 3 aliphatic carbocycles. The number of aromatic nitrogens is 3. The number of methoxy groups -OCH3 is 1. The normalized spacial score (nSPS) is 23.7. The third-order valence-electron chi connectivity index (χ3n) is 7.02. The van der Waals surface area contributed by atoms with Gasteiger partial charge in [0.25, 0.3) is 5.91 Å². The number of anilines is 1. The van der Waals surface area contributed by atoms with E-state index in [1.165, 1.54) is 13.4 Å². The second kappa shape index (κ2) is 9.90. The van der Waals surface area contributed by atoms with Gasteiger partial charge < -0.3 is 20.8 Å². The van der Waals surface area contributed by atoms with E-state index in [0.29, 0.717) is 35.4 Å². The quantitative estimate of drug-likeness (QED) is 0.424. The molecule has 3 fully saturated rings. The molecule has 1 amide bonds. The van der Waals surface area contributed by atoms with Crippen LogP contribution in [-0.4, -0.2) is 45.7 Å². The standard InChI is InChI=1S/C18H23N5O3.C6H11ClO/c1-26-16(25)18-5-2-17(3-6-18,4-7-18)9-21-15(24)14-13-12(22-10-23-14)11(19)8-20-13;1-6(2,3)4-5(7)8/h8,10,20H,2-7,9,19H2,1H3,(H,21,24);4H2,1-3H3. The van der Waals surface area contributed by atoms with Gasteiger partial charge in [-0.3, -0.25) is 14.4 Å². The lowest BCUT2D eigenvalue weighted by Crippen LogP contribution is -2.50. The maximum absolute atomic E-state index is 12.7. The second-order valence-corrected chi connectivity index (χ2v) is 11.2. The van der Waals surface area contributed by atoms with Crippen molar-refractivity contribution < 1.29 is 19.1 Å². The van der Waals surface area contributed by atoms with Crippen molar-refractivity contribution in [1.29, 1.82) is 0 Å². The summed E-state index contributed by atoms with van der Waals surface area (Å²) in [5.41, 5.74) is 7.55. The molecule has 2 heterocycles. The number of nitrogens with one attached hydrogen (secondary N) is 2. The van der Waals surface area contributed by atoms with Crippen LogP contribution in [0.15, 0.2) is 12.5 Å². The molecule has 0 unspecified atom stereocenters. The van der Waals surface area contributed by atoms with E-state index in [-0.39, 0.29) is 33.4 Å². The number of carbonyl (C=O) groups is 3. The molecular formula is C24H34ClN5O4. The topological polar surface area (TPSA) is 140 Å². The van der Waals surface area contributed by atoms with Crippen LogP contribution < -0.4 is 11.1 Å². The maximum Gasteiger partial charge on any atom is 0.311 e. The second-order valence-electron chi connectivity index (χ2n) is 10.7. The summed E-state index contributed by atoms with van der Waals surface area (Å²) >= 11 is 5.12. The summed E-state index contributed by atoms with van der Waals surface area (Å²) in [7, 11) is 1.46. The highest BCUT2D eigenvalue weighted by molar-refractivity contribution is 6.63. The molecule has 2 aromatic heterocycles. The summed E-state index contributed by atoms with van der Waals surface area (Å²) in [6, 6.07) is 0. The molecule has 34 heavy (non-hydrogen) atoms. The monoisotopic (exact) mass is 491 g/mol. The first-order valence-corrected chi connectivity index (χ1v) is 11.9. The van der Waals surface area contributed by atoms with Crippen LogP contribution in [0.3, 0.4) is 0 Å². The van der Waals surface area contributed by atoms with Gasteiger partial charge in [0.2, 0.25) is 5.24 Å². The molecule has 0 radical (unpaired) electrons. The average molecular weight is 492 g/mol. The molecule has 5 rings (SSSR count). The number of rotatable bonds is 5. The van der Waals surface area contributed by atoms with Crippen LogP contribution >= 0.6 is 11.6 Å². The Labute approximate surface area is 204 Å². The molecule has 2 aromatic rings. The van der Waals surface area contributed by atoms with Crippen molar-refractivity contribution >= 4 is 45.4 Å². The molecule has 3 saturated carbocycles. The van der Waals surface area contributed by atoms with Crippen molar-refractivity contribution in [2.24, 2.45) is 16.2 Å². The van der Waals surface area contributed by atoms with Crippen LogP contribution in [0.2, 0.25) is 0 Å². The smallest absolute Gasteiger partial charge is 0.311 e. The maximum atomic E-state index is 12.7. The number of esters is 1. The summed E-state index contributed by atoms with van der Waals surface area (Å²) < 4.78 is 5.00. The number of nitrogen functional groups attached to an aromatic ring is 1. The lowest BCUT2D eigenvalue weighted by Gasteiger charge is -2.51. The number of hydrogen-bond acceptors (Lipinski definition) is 7. The number of ether oxygens (including phenoxy) is 1. The third kappa shape index (κ3) is 5.68. The molecule has 0 spiro atoms. The molecule has 10 heteroatoms. The number of nitrogens with zero attached hydrogens (tertiary/aromatic N) is 2. The Bertz CT molecular complexity index is 1050. The van der Waals surface area contributed by atoms with E-state index in [1.807, 2.05) is 20.8 Å². The Morgan fingerprint density at radius 3 is 2.26 bits per heavy atom. The van der Waals surface area contributed by atoms with E-state index in [2.05, 4.69) is 20.3 Å². The third-order valence-corrected chi connectivity index (χ3v) is 7.15. The highest BCUT2D eigenvalue weighted by Gasteiger charge is 2.53. The molecule has 9 nitrogen and oxygen atoms in total. The number of carbonyl (C=O) groups excluding carboxylic acids is 3. The predicted molar refractivity (Wildman–Crippen MR) is 130 cm³/mol. The summed E-state index contributed by atoms with van der Waals surface area (Å²) in [5, 5.41) is 2.78. The zero-order valence-electron chi connectivity index (χ0n) is 20.3. The van der Waals surface area contributed by atoms with Crippen LogP contribution in [0.5, 0.6) is 0 Å². The Balaban J connectivity index is 0.000000350. The van der Waals surface area contributed by atoms with Crippen molar-refractivity contribution in [1.82, 2.24) is 20.3 Å². The molecule has 3 aliphatic rings. The van der Waals surface area contributed by atoms with E-state index in [0.717, 1.165) is 38.5 Å². The van der Waals surface area contributed by atoms with Gasteiger partial charge in [0.15, 0.2) is 5.69 Å². The number of fused-ring (bicyclic) bond motifs is 4. The van der Waals surface area contributed by atoms with Gasteiger partial charge in [-0.2, -0.15) is 0 Å². The summed E-state index contributed by atoms with van der Waals surface area (Å²) in [6.45, 7) is 6.53. The first kappa shape index (κ1) is 25.9. The van der Waals surface area contributed by atoms with Crippen molar-refractivity contribution in [3.8, 4) is 0 Å². The average Bonchev–Trinajstić information content (AvgIpc) is 3.18. The molecule has 0 aromatic carbocycles. The van der Waals surface area contributed by atoms with Gasteiger partial charge in [0.05, 0.1) is 23.7 Å². The first-order valence-electron chi connectivity index (χ1n) is 11.5. The van der Waals surface area contributed by atoms with Crippen molar-refractivity contribution in [3.05, 3.63) is 18.2 Å². The Kier molecular flexibility index (Phi) is 7.55. The van der Waals surface area contributed by atoms with E-state index >= 15 is 0 Å². The van der Waals surface area contributed by atoms with Gasteiger partial charge in [-0.15, -0.1) is 0 Å². The largest absolute Gasteiger partial charge is 0.469 e. The van der Waals surface area contributed by atoms with Crippen LogP contribution in [0.4, 0.5) is 5.69 Å². The molecule has 186 valence electrons. The molecule has 0 saturated heterocycles.